The van der Waals surface area contributed by atoms with Crippen molar-refractivity contribution in [3.05, 3.63) is 18.2 Å². The fourth-order valence-corrected chi connectivity index (χ4v) is 3.57. The third-order valence-corrected chi connectivity index (χ3v) is 4.72. The van der Waals surface area contributed by atoms with E-state index in [1.54, 1.807) is 18.4 Å². The van der Waals surface area contributed by atoms with E-state index in [9.17, 15) is 0 Å². The lowest BCUT2D eigenvalue weighted by atomic mass is 10.1. The number of rotatable bonds is 3. The number of anilines is 1. The van der Waals surface area contributed by atoms with Gasteiger partial charge in [0.15, 0.2) is 5.13 Å². The molecule has 0 aliphatic heterocycles. The van der Waals surface area contributed by atoms with Gasteiger partial charge in [-0.25, -0.2) is 4.98 Å². The van der Waals surface area contributed by atoms with E-state index in [4.69, 9.17) is 4.74 Å². The number of aromatic nitrogens is 1. The van der Waals surface area contributed by atoms with E-state index in [2.05, 4.69) is 23.3 Å². The molecular formula is C14H18N2OS. The van der Waals surface area contributed by atoms with Crippen molar-refractivity contribution < 1.29 is 4.74 Å². The lowest BCUT2D eigenvalue weighted by molar-refractivity contribution is 0.415. The van der Waals surface area contributed by atoms with Crippen molar-refractivity contribution in [2.45, 2.75) is 32.2 Å². The molecule has 1 N–H and O–H groups in total. The Morgan fingerprint density at radius 3 is 3.00 bits per heavy atom. The topological polar surface area (TPSA) is 34.1 Å². The van der Waals surface area contributed by atoms with Gasteiger partial charge in [-0.05, 0) is 37.0 Å². The van der Waals surface area contributed by atoms with E-state index in [1.165, 1.54) is 24.0 Å². The van der Waals surface area contributed by atoms with Crippen LogP contribution in [0.4, 0.5) is 5.13 Å². The predicted octanol–water partition coefficient (Wildman–Crippen LogP) is 3.91. The van der Waals surface area contributed by atoms with Gasteiger partial charge in [0.05, 0.1) is 17.3 Å². The summed E-state index contributed by atoms with van der Waals surface area (Å²) in [5.74, 6) is 1.65. The van der Waals surface area contributed by atoms with Crippen molar-refractivity contribution >= 4 is 26.7 Å². The Bertz CT molecular complexity index is 552. The van der Waals surface area contributed by atoms with Crippen LogP contribution in [0.15, 0.2) is 18.2 Å². The molecule has 1 heterocycles. The largest absolute Gasteiger partial charge is 0.497 e. The average molecular weight is 262 g/mol. The summed E-state index contributed by atoms with van der Waals surface area (Å²) in [5, 5.41) is 4.62. The first-order chi connectivity index (χ1) is 8.76. The first-order valence-corrected chi connectivity index (χ1v) is 7.29. The van der Waals surface area contributed by atoms with Crippen molar-refractivity contribution in [2.24, 2.45) is 5.92 Å². The van der Waals surface area contributed by atoms with Gasteiger partial charge in [0, 0.05) is 6.04 Å². The quantitative estimate of drug-likeness (QED) is 0.910. The molecule has 3 nitrogen and oxygen atoms in total. The van der Waals surface area contributed by atoms with Gasteiger partial charge in [-0.1, -0.05) is 24.7 Å². The van der Waals surface area contributed by atoms with Crippen LogP contribution in [0.25, 0.3) is 10.2 Å². The van der Waals surface area contributed by atoms with Crippen molar-refractivity contribution in [3.8, 4) is 5.75 Å². The summed E-state index contributed by atoms with van der Waals surface area (Å²) < 4.78 is 6.42. The molecule has 2 unspecified atom stereocenters. The standard InChI is InChI=1S/C14H18N2OS/c1-9-4-3-5-11(9)15-14-16-12-7-6-10(17-2)8-13(12)18-14/h6-9,11H,3-5H2,1-2H3,(H,15,16). The number of methoxy groups -OCH3 is 1. The highest BCUT2D eigenvalue weighted by Gasteiger charge is 2.23. The monoisotopic (exact) mass is 262 g/mol. The van der Waals surface area contributed by atoms with Crippen LogP contribution in [-0.4, -0.2) is 18.1 Å². The minimum absolute atomic E-state index is 0.590. The third-order valence-electron chi connectivity index (χ3n) is 3.77. The molecule has 96 valence electrons. The molecule has 1 aliphatic carbocycles. The second-order valence-electron chi connectivity index (χ2n) is 5.01. The lowest BCUT2D eigenvalue weighted by Gasteiger charge is -2.15. The Labute approximate surface area is 111 Å². The lowest BCUT2D eigenvalue weighted by Crippen LogP contribution is -2.21. The van der Waals surface area contributed by atoms with Crippen molar-refractivity contribution in [1.29, 1.82) is 0 Å². The molecule has 0 spiro atoms. The minimum atomic E-state index is 0.590. The summed E-state index contributed by atoms with van der Waals surface area (Å²) in [7, 11) is 1.70. The fraction of sp³-hybridized carbons (Fsp3) is 0.500. The first-order valence-electron chi connectivity index (χ1n) is 6.47. The smallest absolute Gasteiger partial charge is 0.184 e. The predicted molar refractivity (Wildman–Crippen MR) is 76.6 cm³/mol. The molecule has 1 aliphatic rings. The highest BCUT2D eigenvalue weighted by atomic mass is 32.1. The van der Waals surface area contributed by atoms with E-state index in [1.807, 2.05) is 12.1 Å². The van der Waals surface area contributed by atoms with Gasteiger partial charge in [0.2, 0.25) is 0 Å². The van der Waals surface area contributed by atoms with Crippen LogP contribution >= 0.6 is 11.3 Å². The molecule has 0 amide bonds. The molecule has 1 saturated carbocycles. The van der Waals surface area contributed by atoms with Gasteiger partial charge >= 0.3 is 0 Å². The average Bonchev–Trinajstić information content (AvgIpc) is 2.95. The number of benzene rings is 1. The van der Waals surface area contributed by atoms with Crippen molar-refractivity contribution in [3.63, 3.8) is 0 Å². The minimum Gasteiger partial charge on any atom is -0.497 e. The zero-order chi connectivity index (χ0) is 12.5. The zero-order valence-electron chi connectivity index (χ0n) is 10.8. The van der Waals surface area contributed by atoms with Gasteiger partial charge < -0.3 is 10.1 Å². The summed E-state index contributed by atoms with van der Waals surface area (Å²) in [5.41, 5.74) is 1.05. The van der Waals surface area contributed by atoms with Gasteiger partial charge in [-0.2, -0.15) is 0 Å². The summed E-state index contributed by atoms with van der Waals surface area (Å²) in [6.07, 6.45) is 3.92. The van der Waals surface area contributed by atoms with Crippen LogP contribution in [0.3, 0.4) is 0 Å². The number of hydrogen-bond donors (Lipinski definition) is 1. The van der Waals surface area contributed by atoms with Gasteiger partial charge in [-0.3, -0.25) is 0 Å². The van der Waals surface area contributed by atoms with Crippen LogP contribution in [0, 0.1) is 5.92 Å². The molecule has 2 atom stereocenters. The van der Waals surface area contributed by atoms with Crippen molar-refractivity contribution in [2.75, 3.05) is 12.4 Å². The highest BCUT2D eigenvalue weighted by molar-refractivity contribution is 7.22. The third kappa shape index (κ3) is 2.17. The number of fused-ring (bicyclic) bond motifs is 1. The number of thiazole rings is 1. The molecule has 3 rings (SSSR count). The maximum atomic E-state index is 5.24. The SMILES string of the molecule is COc1ccc2nc(NC3CCCC3C)sc2c1. The molecular weight excluding hydrogens is 244 g/mol. The van der Waals surface area contributed by atoms with E-state index in [0.29, 0.717) is 6.04 Å². The fourth-order valence-electron chi connectivity index (χ4n) is 2.61. The summed E-state index contributed by atoms with van der Waals surface area (Å²) >= 11 is 1.71. The number of hydrogen-bond acceptors (Lipinski definition) is 4. The zero-order valence-corrected chi connectivity index (χ0v) is 11.6. The molecule has 1 aromatic carbocycles. The van der Waals surface area contributed by atoms with Crippen LogP contribution in [0.1, 0.15) is 26.2 Å². The Balaban J connectivity index is 1.84. The Morgan fingerprint density at radius 2 is 2.28 bits per heavy atom. The van der Waals surface area contributed by atoms with Crippen LogP contribution in [0.5, 0.6) is 5.75 Å². The maximum absolute atomic E-state index is 5.24. The number of nitrogens with one attached hydrogen (secondary N) is 1. The van der Waals surface area contributed by atoms with Gasteiger partial charge in [0.1, 0.15) is 5.75 Å². The molecule has 1 aromatic heterocycles. The Kier molecular flexibility index (Phi) is 3.12. The van der Waals surface area contributed by atoms with Crippen LogP contribution in [-0.2, 0) is 0 Å². The number of nitrogens with zero attached hydrogens (tertiary/aromatic N) is 1. The summed E-state index contributed by atoms with van der Waals surface area (Å²) in [6, 6.07) is 6.63. The molecule has 0 bridgehead atoms. The van der Waals surface area contributed by atoms with E-state index in [-0.39, 0.29) is 0 Å². The normalized spacial score (nSPS) is 23.4. The first kappa shape index (κ1) is 11.8. The molecule has 18 heavy (non-hydrogen) atoms. The highest BCUT2D eigenvalue weighted by Crippen LogP contribution is 2.33. The molecule has 4 heteroatoms. The van der Waals surface area contributed by atoms with E-state index in [0.717, 1.165) is 22.3 Å². The van der Waals surface area contributed by atoms with Crippen molar-refractivity contribution in [1.82, 2.24) is 4.98 Å². The maximum Gasteiger partial charge on any atom is 0.184 e. The molecule has 0 saturated heterocycles. The van der Waals surface area contributed by atoms with Crippen LogP contribution < -0.4 is 10.1 Å². The summed E-state index contributed by atoms with van der Waals surface area (Å²) in [4.78, 5) is 4.64. The summed E-state index contributed by atoms with van der Waals surface area (Å²) in [6.45, 7) is 2.32. The van der Waals surface area contributed by atoms with Gasteiger partial charge in [-0.15, -0.1) is 0 Å². The van der Waals surface area contributed by atoms with E-state index < -0.39 is 0 Å². The van der Waals surface area contributed by atoms with E-state index >= 15 is 0 Å². The molecule has 1 fully saturated rings. The molecule has 0 radical (unpaired) electrons. The molecule has 2 aromatic rings. The second kappa shape index (κ2) is 4.76. The van der Waals surface area contributed by atoms with Gasteiger partial charge in [0.25, 0.3) is 0 Å². The number of ether oxygens (including phenoxy) is 1. The Hall–Kier alpha value is -1.29. The van der Waals surface area contributed by atoms with Crippen LogP contribution in [0.2, 0.25) is 0 Å². The Morgan fingerprint density at radius 1 is 1.39 bits per heavy atom. The second-order valence-corrected chi connectivity index (χ2v) is 6.04.